The number of fused-ring (bicyclic) bond motifs is 1. The van der Waals surface area contributed by atoms with Gasteiger partial charge in [-0.25, -0.2) is 15.8 Å². The molecule has 0 aliphatic carbocycles. The number of dihydropyridines is 1. The Labute approximate surface area is 210 Å². The lowest BCUT2D eigenvalue weighted by Gasteiger charge is -2.28. The number of hydrogen-bond donors (Lipinski definition) is 3. The molecule has 0 saturated carbocycles. The molecule has 35 heavy (non-hydrogen) atoms. The summed E-state index contributed by atoms with van der Waals surface area (Å²) in [5.74, 6) is 6.29. The SMILES string of the molecule is CC1=CC(C(=O)N(N)c2nc3cccc(Cl)c3n2[C@H]2CCCCN(C(=O)/C=C/CN)C2)=CC(C)N1. The molecule has 2 aromatic rings. The molecule has 2 aliphatic rings. The van der Waals surface area contributed by atoms with Gasteiger partial charge in [0.05, 0.1) is 22.1 Å². The molecule has 2 atom stereocenters. The van der Waals surface area contributed by atoms with E-state index in [2.05, 4.69) is 5.32 Å². The molecule has 9 nitrogen and oxygen atoms in total. The molecule has 0 spiro atoms. The van der Waals surface area contributed by atoms with E-state index >= 15 is 0 Å². The fraction of sp³-hybridized carbons (Fsp3) is 0.400. The zero-order valence-electron chi connectivity index (χ0n) is 20.1. The Morgan fingerprint density at radius 3 is 2.89 bits per heavy atom. The average Bonchev–Trinajstić information content (AvgIpc) is 3.05. The van der Waals surface area contributed by atoms with Crippen LogP contribution in [-0.2, 0) is 9.59 Å². The molecule has 1 fully saturated rings. The molecule has 2 amide bonds. The maximum atomic E-state index is 13.4. The van der Waals surface area contributed by atoms with Crippen LogP contribution in [0, 0.1) is 0 Å². The number of allylic oxidation sites excluding steroid dienone is 1. The monoisotopic (exact) mass is 497 g/mol. The normalized spacial score (nSPS) is 20.9. The van der Waals surface area contributed by atoms with Gasteiger partial charge in [0.1, 0.15) is 0 Å². The largest absolute Gasteiger partial charge is 0.383 e. The molecule has 2 aliphatic heterocycles. The van der Waals surface area contributed by atoms with Crippen molar-refractivity contribution in [3.8, 4) is 0 Å². The lowest BCUT2D eigenvalue weighted by Crippen LogP contribution is -2.42. The molecule has 3 heterocycles. The van der Waals surface area contributed by atoms with Crippen molar-refractivity contribution < 1.29 is 9.59 Å². The van der Waals surface area contributed by atoms with Gasteiger partial charge in [0.2, 0.25) is 11.9 Å². The van der Waals surface area contributed by atoms with E-state index in [-0.39, 0.29) is 23.9 Å². The van der Waals surface area contributed by atoms with E-state index in [0.29, 0.717) is 47.2 Å². The van der Waals surface area contributed by atoms with Gasteiger partial charge >= 0.3 is 0 Å². The number of amides is 2. The number of carbonyl (C=O) groups excluding carboxylic acids is 2. The first-order valence-electron chi connectivity index (χ1n) is 11.9. The molecule has 4 rings (SSSR count). The Morgan fingerprint density at radius 1 is 1.34 bits per heavy atom. The van der Waals surface area contributed by atoms with Crippen molar-refractivity contribution in [3.05, 3.63) is 58.8 Å². The van der Waals surface area contributed by atoms with Crippen LogP contribution in [0.5, 0.6) is 0 Å². The summed E-state index contributed by atoms with van der Waals surface area (Å²) in [6, 6.07) is 5.30. The van der Waals surface area contributed by atoms with Crippen molar-refractivity contribution in [2.45, 2.75) is 45.2 Å². The van der Waals surface area contributed by atoms with Crippen LogP contribution >= 0.6 is 11.6 Å². The van der Waals surface area contributed by atoms with E-state index in [9.17, 15) is 9.59 Å². The highest BCUT2D eigenvalue weighted by molar-refractivity contribution is 6.35. The highest BCUT2D eigenvalue weighted by Gasteiger charge is 2.30. The number of halogens is 1. The van der Waals surface area contributed by atoms with Gasteiger partial charge in [-0.1, -0.05) is 23.7 Å². The van der Waals surface area contributed by atoms with Gasteiger partial charge in [-0.3, -0.25) is 9.59 Å². The summed E-state index contributed by atoms with van der Waals surface area (Å²) in [5.41, 5.74) is 8.25. The van der Waals surface area contributed by atoms with Crippen molar-refractivity contribution in [1.82, 2.24) is 19.8 Å². The topological polar surface area (TPSA) is 123 Å². The van der Waals surface area contributed by atoms with E-state index in [1.807, 2.05) is 41.5 Å². The minimum absolute atomic E-state index is 0.00335. The summed E-state index contributed by atoms with van der Waals surface area (Å²) in [6.07, 6.45) is 9.36. The van der Waals surface area contributed by atoms with E-state index < -0.39 is 0 Å². The summed E-state index contributed by atoms with van der Waals surface area (Å²) in [5, 5.41) is 4.86. The molecule has 1 aromatic carbocycles. The zero-order chi connectivity index (χ0) is 25.1. The fourth-order valence-corrected chi connectivity index (χ4v) is 5.03. The van der Waals surface area contributed by atoms with Gasteiger partial charge in [-0.2, -0.15) is 0 Å². The van der Waals surface area contributed by atoms with E-state index in [1.165, 1.54) is 6.08 Å². The minimum Gasteiger partial charge on any atom is -0.383 e. The Morgan fingerprint density at radius 2 is 2.14 bits per heavy atom. The van der Waals surface area contributed by atoms with Crippen molar-refractivity contribution in [2.75, 3.05) is 24.6 Å². The third-order valence-corrected chi connectivity index (χ3v) is 6.61. The maximum absolute atomic E-state index is 13.4. The smallest absolute Gasteiger partial charge is 0.274 e. The Balaban J connectivity index is 1.76. The molecule has 1 saturated heterocycles. The predicted molar refractivity (Wildman–Crippen MR) is 139 cm³/mol. The minimum atomic E-state index is -0.363. The highest BCUT2D eigenvalue weighted by atomic mass is 35.5. The van der Waals surface area contributed by atoms with E-state index in [1.54, 1.807) is 18.2 Å². The van der Waals surface area contributed by atoms with Crippen LogP contribution in [0.3, 0.4) is 0 Å². The van der Waals surface area contributed by atoms with Crippen molar-refractivity contribution in [1.29, 1.82) is 0 Å². The quantitative estimate of drug-likeness (QED) is 0.253. The first-order valence-corrected chi connectivity index (χ1v) is 12.3. The third kappa shape index (κ3) is 5.27. The second kappa shape index (κ2) is 10.6. The standard InChI is InChI=1S/C25H32ClN7O2/c1-16-13-18(14-17(2)29-16)24(35)33(28)25-30-21-9-5-8-20(26)23(21)32(25)19-7-3-4-12-31(15-19)22(34)10-6-11-27/h5-6,8-10,13-14,16,19,29H,3-4,7,11-12,15,27-28H2,1-2H3/b10-6+/t16?,19-/m0/s1. The number of hydrazine groups is 1. The van der Waals surface area contributed by atoms with Crippen molar-refractivity contribution in [2.24, 2.45) is 11.6 Å². The van der Waals surface area contributed by atoms with Gasteiger partial charge in [-0.05, 0) is 57.4 Å². The summed E-state index contributed by atoms with van der Waals surface area (Å²) in [6.45, 7) is 5.27. The number of imidazole rings is 1. The summed E-state index contributed by atoms with van der Waals surface area (Å²) in [7, 11) is 0. The number of aromatic nitrogens is 2. The van der Waals surface area contributed by atoms with Gasteiger partial charge < -0.3 is 20.5 Å². The van der Waals surface area contributed by atoms with Crippen molar-refractivity contribution in [3.63, 3.8) is 0 Å². The number of carbonyl (C=O) groups is 2. The van der Waals surface area contributed by atoms with Gasteiger partial charge in [-0.15, -0.1) is 0 Å². The number of benzene rings is 1. The number of para-hydroxylation sites is 1. The zero-order valence-corrected chi connectivity index (χ0v) is 20.8. The Bertz CT molecular complexity index is 1220. The summed E-state index contributed by atoms with van der Waals surface area (Å²) < 4.78 is 1.93. The fourth-order valence-electron chi connectivity index (χ4n) is 4.77. The Hall–Kier alpha value is -3.14. The predicted octanol–water partition coefficient (Wildman–Crippen LogP) is 2.79. The van der Waals surface area contributed by atoms with Gasteiger partial charge in [0, 0.05) is 43.0 Å². The first-order chi connectivity index (χ1) is 16.8. The summed E-state index contributed by atoms with van der Waals surface area (Å²) >= 11 is 6.63. The molecule has 0 radical (unpaired) electrons. The first kappa shape index (κ1) is 25.0. The third-order valence-electron chi connectivity index (χ3n) is 6.30. The van der Waals surface area contributed by atoms with Crippen LogP contribution in [0.1, 0.15) is 39.2 Å². The average molecular weight is 498 g/mol. The summed E-state index contributed by atoms with van der Waals surface area (Å²) in [4.78, 5) is 32.7. The molecule has 1 unspecified atom stereocenters. The van der Waals surface area contributed by atoms with Crippen LogP contribution < -0.4 is 21.9 Å². The van der Waals surface area contributed by atoms with Crippen LogP contribution in [0.15, 0.2) is 53.8 Å². The number of likely N-dealkylation sites (tertiary alicyclic amines) is 1. The van der Waals surface area contributed by atoms with Crippen LogP contribution in [-0.4, -0.2) is 51.9 Å². The van der Waals surface area contributed by atoms with Gasteiger partial charge in [0.25, 0.3) is 5.91 Å². The molecule has 10 heteroatoms. The second-order valence-corrected chi connectivity index (χ2v) is 9.43. The number of rotatable bonds is 5. The van der Waals surface area contributed by atoms with Crippen molar-refractivity contribution >= 4 is 40.4 Å². The maximum Gasteiger partial charge on any atom is 0.274 e. The molecular formula is C25H32ClN7O2. The number of nitrogens with one attached hydrogen (secondary N) is 1. The molecule has 1 aromatic heterocycles. The number of hydrogen-bond acceptors (Lipinski definition) is 6. The lowest BCUT2D eigenvalue weighted by molar-refractivity contribution is -0.126. The molecular weight excluding hydrogens is 466 g/mol. The molecule has 5 N–H and O–H groups in total. The van der Waals surface area contributed by atoms with Crippen LogP contribution in [0.25, 0.3) is 11.0 Å². The number of nitrogens with zero attached hydrogens (tertiary/aromatic N) is 4. The number of anilines is 1. The molecule has 0 bridgehead atoms. The van der Waals surface area contributed by atoms with E-state index in [0.717, 1.165) is 30.0 Å². The lowest BCUT2D eigenvalue weighted by atomic mass is 10.1. The van der Waals surface area contributed by atoms with Gasteiger partial charge in [0.15, 0.2) is 0 Å². The highest BCUT2D eigenvalue weighted by Crippen LogP contribution is 2.35. The van der Waals surface area contributed by atoms with Crippen LogP contribution in [0.2, 0.25) is 5.02 Å². The van der Waals surface area contributed by atoms with E-state index in [4.69, 9.17) is 28.2 Å². The Kier molecular flexibility index (Phi) is 7.59. The number of nitrogens with two attached hydrogens (primary N) is 2. The second-order valence-electron chi connectivity index (χ2n) is 9.02. The molecule has 186 valence electrons. The van der Waals surface area contributed by atoms with Crippen LogP contribution in [0.4, 0.5) is 5.95 Å².